The molecule has 1 heterocycles. The second kappa shape index (κ2) is 3.35. The average Bonchev–Trinajstić information content (AvgIpc) is 2.52. The summed E-state index contributed by atoms with van der Waals surface area (Å²) in [4.78, 5) is 11.5. The maximum absolute atomic E-state index is 11.5. The van der Waals surface area contributed by atoms with Crippen LogP contribution in [0.25, 0.3) is 0 Å². The maximum Gasteiger partial charge on any atom is 0.242 e. The Balaban J connectivity index is 2.58. The van der Waals surface area contributed by atoms with Gasteiger partial charge in [0.05, 0.1) is 11.3 Å². The third-order valence-electron chi connectivity index (χ3n) is 2.22. The van der Waals surface area contributed by atoms with Crippen LogP contribution in [-0.2, 0) is 4.79 Å². The zero-order valence-electron chi connectivity index (χ0n) is 7.57. The van der Waals surface area contributed by atoms with Crippen molar-refractivity contribution in [1.29, 1.82) is 5.26 Å². The highest BCUT2D eigenvalue weighted by atomic mass is 32.2. The van der Waals surface area contributed by atoms with Crippen molar-refractivity contribution in [1.82, 2.24) is 0 Å². The third kappa shape index (κ3) is 1.17. The van der Waals surface area contributed by atoms with E-state index in [1.807, 2.05) is 12.3 Å². The van der Waals surface area contributed by atoms with Gasteiger partial charge >= 0.3 is 0 Å². The van der Waals surface area contributed by atoms with Crippen LogP contribution < -0.4 is 5.32 Å². The first kappa shape index (κ1) is 9.10. The van der Waals surface area contributed by atoms with Crippen LogP contribution in [-0.4, -0.2) is 12.2 Å². The Morgan fingerprint density at radius 2 is 2.36 bits per heavy atom. The summed E-state index contributed by atoms with van der Waals surface area (Å²) in [6, 6.07) is 7.47. The minimum atomic E-state index is -0.168. The molecular formula is C10H8N2OS. The van der Waals surface area contributed by atoms with Gasteiger partial charge in [-0.1, -0.05) is 12.1 Å². The predicted molar refractivity (Wildman–Crippen MR) is 56.0 cm³/mol. The van der Waals surface area contributed by atoms with E-state index in [0.717, 1.165) is 5.56 Å². The van der Waals surface area contributed by atoms with Gasteiger partial charge in [-0.05, 0) is 17.9 Å². The molecule has 0 bridgehead atoms. The van der Waals surface area contributed by atoms with E-state index in [2.05, 4.69) is 11.4 Å². The van der Waals surface area contributed by atoms with Gasteiger partial charge in [-0.2, -0.15) is 5.26 Å². The summed E-state index contributed by atoms with van der Waals surface area (Å²) >= 11 is 1.48. The van der Waals surface area contributed by atoms with Crippen molar-refractivity contribution in [3.63, 3.8) is 0 Å². The van der Waals surface area contributed by atoms with E-state index in [1.165, 1.54) is 11.8 Å². The number of thioether (sulfide) groups is 1. The fourth-order valence-corrected chi connectivity index (χ4v) is 2.31. The van der Waals surface area contributed by atoms with Crippen LogP contribution in [0.2, 0.25) is 0 Å². The lowest BCUT2D eigenvalue weighted by Crippen LogP contribution is -2.08. The van der Waals surface area contributed by atoms with Crippen molar-refractivity contribution < 1.29 is 4.79 Å². The minimum absolute atomic E-state index is 0.0322. The molecule has 0 aliphatic carbocycles. The third-order valence-corrected chi connectivity index (χ3v) is 3.16. The topological polar surface area (TPSA) is 52.9 Å². The van der Waals surface area contributed by atoms with E-state index in [0.29, 0.717) is 11.3 Å². The van der Waals surface area contributed by atoms with Gasteiger partial charge in [0.15, 0.2) is 0 Å². The number of benzene rings is 1. The largest absolute Gasteiger partial charge is 0.323 e. The van der Waals surface area contributed by atoms with Crippen molar-refractivity contribution in [3.05, 3.63) is 29.3 Å². The summed E-state index contributed by atoms with van der Waals surface area (Å²) in [5, 5.41) is 11.4. The van der Waals surface area contributed by atoms with Gasteiger partial charge < -0.3 is 5.32 Å². The van der Waals surface area contributed by atoms with Gasteiger partial charge in [0, 0.05) is 0 Å². The molecule has 70 valence electrons. The van der Waals surface area contributed by atoms with Gasteiger partial charge in [-0.25, -0.2) is 0 Å². The number of nitriles is 1. The molecule has 1 aromatic rings. The van der Waals surface area contributed by atoms with Crippen LogP contribution in [0.3, 0.4) is 0 Å². The van der Waals surface area contributed by atoms with Crippen LogP contribution in [0.15, 0.2) is 18.2 Å². The fourth-order valence-electron chi connectivity index (χ4n) is 1.59. The fraction of sp³-hybridized carbons (Fsp3) is 0.200. The van der Waals surface area contributed by atoms with Crippen LogP contribution >= 0.6 is 11.8 Å². The number of nitrogens with one attached hydrogen (secondary N) is 1. The minimum Gasteiger partial charge on any atom is -0.323 e. The van der Waals surface area contributed by atoms with E-state index < -0.39 is 0 Å². The highest BCUT2D eigenvalue weighted by Gasteiger charge is 2.31. The van der Waals surface area contributed by atoms with Crippen molar-refractivity contribution >= 4 is 23.4 Å². The summed E-state index contributed by atoms with van der Waals surface area (Å²) in [7, 11) is 0. The molecule has 0 spiro atoms. The molecule has 0 saturated carbocycles. The monoisotopic (exact) mass is 204 g/mol. The van der Waals surface area contributed by atoms with Crippen molar-refractivity contribution in [3.8, 4) is 6.07 Å². The molecule has 14 heavy (non-hydrogen) atoms. The smallest absolute Gasteiger partial charge is 0.242 e. The quantitative estimate of drug-likeness (QED) is 0.760. The van der Waals surface area contributed by atoms with Gasteiger partial charge in [0.25, 0.3) is 0 Å². The van der Waals surface area contributed by atoms with E-state index in [1.54, 1.807) is 12.1 Å². The molecule has 1 aromatic carbocycles. The normalized spacial score (nSPS) is 18.6. The Labute approximate surface area is 86.1 Å². The number of rotatable bonds is 1. The van der Waals surface area contributed by atoms with Crippen molar-refractivity contribution in [2.75, 3.05) is 11.6 Å². The first-order valence-corrected chi connectivity index (χ1v) is 5.43. The first-order chi connectivity index (χ1) is 6.77. The standard InChI is InChI=1S/C10H8N2OS/c1-14-9-7-4-2-3-6(5-11)8(7)12-10(9)13/h2-4,9H,1H3,(H,12,13). The van der Waals surface area contributed by atoms with Crippen molar-refractivity contribution in [2.24, 2.45) is 0 Å². The highest BCUT2D eigenvalue weighted by Crippen LogP contribution is 2.40. The lowest BCUT2D eigenvalue weighted by Gasteiger charge is -2.03. The highest BCUT2D eigenvalue weighted by molar-refractivity contribution is 7.99. The van der Waals surface area contributed by atoms with Gasteiger partial charge in [-0.15, -0.1) is 11.8 Å². The summed E-state index contributed by atoms with van der Waals surface area (Å²) in [6.45, 7) is 0. The van der Waals surface area contributed by atoms with Gasteiger partial charge in [0.2, 0.25) is 5.91 Å². The number of fused-ring (bicyclic) bond motifs is 1. The molecular weight excluding hydrogens is 196 g/mol. The van der Waals surface area contributed by atoms with Gasteiger partial charge in [0.1, 0.15) is 11.3 Å². The van der Waals surface area contributed by atoms with E-state index >= 15 is 0 Å². The predicted octanol–water partition coefficient (Wildman–Crippen LogP) is 1.91. The molecule has 1 amide bonds. The maximum atomic E-state index is 11.5. The summed E-state index contributed by atoms with van der Waals surface area (Å²) < 4.78 is 0. The number of amides is 1. The van der Waals surface area contributed by atoms with E-state index in [9.17, 15) is 4.79 Å². The molecule has 1 aliphatic rings. The zero-order valence-corrected chi connectivity index (χ0v) is 8.39. The Morgan fingerprint density at radius 3 is 3.00 bits per heavy atom. The van der Waals surface area contributed by atoms with Crippen molar-refractivity contribution in [2.45, 2.75) is 5.25 Å². The molecule has 0 aromatic heterocycles. The molecule has 1 N–H and O–H groups in total. The number of hydrogen-bond acceptors (Lipinski definition) is 3. The summed E-state index contributed by atoms with van der Waals surface area (Å²) in [5.74, 6) is -0.0322. The number of para-hydroxylation sites is 1. The number of carbonyl (C=O) groups excluding carboxylic acids is 1. The molecule has 0 saturated heterocycles. The molecule has 0 fully saturated rings. The molecule has 1 unspecified atom stereocenters. The first-order valence-electron chi connectivity index (χ1n) is 4.14. The number of hydrogen-bond donors (Lipinski definition) is 1. The van der Waals surface area contributed by atoms with Crippen LogP contribution in [0.1, 0.15) is 16.4 Å². The zero-order chi connectivity index (χ0) is 10.1. The Morgan fingerprint density at radius 1 is 1.57 bits per heavy atom. The van der Waals surface area contributed by atoms with E-state index in [4.69, 9.17) is 5.26 Å². The van der Waals surface area contributed by atoms with Crippen LogP contribution in [0.4, 0.5) is 5.69 Å². The molecule has 1 atom stereocenters. The molecule has 3 nitrogen and oxygen atoms in total. The van der Waals surface area contributed by atoms with Gasteiger partial charge in [-0.3, -0.25) is 4.79 Å². The lowest BCUT2D eigenvalue weighted by molar-refractivity contribution is -0.115. The SMILES string of the molecule is CSC1C(=O)Nc2c(C#N)cccc21. The summed E-state index contributed by atoms with van der Waals surface area (Å²) in [5.41, 5.74) is 2.13. The second-order valence-electron chi connectivity index (χ2n) is 2.99. The lowest BCUT2D eigenvalue weighted by atomic mass is 10.1. The number of carbonyl (C=O) groups is 1. The average molecular weight is 204 g/mol. The summed E-state index contributed by atoms with van der Waals surface area (Å²) in [6.07, 6.45) is 1.89. The molecule has 1 aliphatic heterocycles. The molecule has 2 rings (SSSR count). The Kier molecular flexibility index (Phi) is 2.18. The Hall–Kier alpha value is -1.47. The number of anilines is 1. The second-order valence-corrected chi connectivity index (χ2v) is 3.93. The number of nitrogens with zero attached hydrogens (tertiary/aromatic N) is 1. The van der Waals surface area contributed by atoms with Crippen LogP contribution in [0.5, 0.6) is 0 Å². The molecule has 0 radical (unpaired) electrons. The van der Waals surface area contributed by atoms with Crippen LogP contribution in [0, 0.1) is 11.3 Å². The molecule has 4 heteroatoms. The Bertz CT molecular complexity index is 436. The van der Waals surface area contributed by atoms with E-state index in [-0.39, 0.29) is 11.2 Å².